The summed E-state index contributed by atoms with van der Waals surface area (Å²) < 4.78 is 0. The number of aromatic nitrogens is 1. The molecule has 1 N–H and O–H groups in total. The van der Waals surface area contributed by atoms with Crippen molar-refractivity contribution >= 4 is 29.1 Å². The maximum Gasteiger partial charge on any atom is 0.252 e. The van der Waals surface area contributed by atoms with E-state index in [-0.39, 0.29) is 11.1 Å². The molecule has 110 valence electrons. The largest absolute Gasteiger partial charge is 0.351 e. The van der Waals surface area contributed by atoms with Gasteiger partial charge in [-0.1, -0.05) is 23.2 Å². The number of amides is 1. The smallest absolute Gasteiger partial charge is 0.252 e. The second-order valence-corrected chi connectivity index (χ2v) is 5.66. The van der Waals surface area contributed by atoms with Crippen molar-refractivity contribution in [2.45, 2.75) is 0 Å². The predicted octanol–water partition coefficient (Wildman–Crippen LogP) is 1.37. The number of likely N-dealkylation sites (N-methyl/N-ethyl adjacent to an activating group) is 1. The maximum atomic E-state index is 11.9. The molecular formula is C13H18Cl2N4O. The van der Waals surface area contributed by atoms with E-state index in [4.69, 9.17) is 23.2 Å². The minimum atomic E-state index is -0.176. The van der Waals surface area contributed by atoms with Crippen LogP contribution in [0.4, 0.5) is 0 Å². The lowest BCUT2D eigenvalue weighted by atomic mass is 10.2. The van der Waals surface area contributed by atoms with E-state index >= 15 is 0 Å². The van der Waals surface area contributed by atoms with Gasteiger partial charge in [-0.2, -0.15) is 0 Å². The first-order valence-corrected chi connectivity index (χ1v) is 7.32. The number of carbonyl (C=O) groups is 1. The predicted molar refractivity (Wildman–Crippen MR) is 80.5 cm³/mol. The summed E-state index contributed by atoms with van der Waals surface area (Å²) in [5.41, 5.74) is 0.428. The molecule has 1 saturated heterocycles. The third kappa shape index (κ3) is 4.31. The molecule has 2 heterocycles. The fourth-order valence-electron chi connectivity index (χ4n) is 2.05. The Labute approximate surface area is 128 Å². The number of carbonyl (C=O) groups excluding carboxylic acids is 1. The molecule has 1 aromatic rings. The Morgan fingerprint density at radius 3 is 2.70 bits per heavy atom. The van der Waals surface area contributed by atoms with Gasteiger partial charge >= 0.3 is 0 Å². The third-order valence-electron chi connectivity index (χ3n) is 3.37. The molecule has 1 aliphatic rings. The van der Waals surface area contributed by atoms with Crippen LogP contribution in [-0.2, 0) is 0 Å². The van der Waals surface area contributed by atoms with Gasteiger partial charge in [-0.3, -0.25) is 9.69 Å². The van der Waals surface area contributed by atoms with Gasteiger partial charge < -0.3 is 10.2 Å². The Bertz CT molecular complexity index is 475. The van der Waals surface area contributed by atoms with Gasteiger partial charge in [0.2, 0.25) is 0 Å². The molecule has 0 aromatic carbocycles. The first-order valence-electron chi connectivity index (χ1n) is 6.56. The topological polar surface area (TPSA) is 48.5 Å². The minimum Gasteiger partial charge on any atom is -0.351 e. The van der Waals surface area contributed by atoms with Gasteiger partial charge in [-0.15, -0.1) is 0 Å². The molecular weight excluding hydrogens is 299 g/mol. The van der Waals surface area contributed by atoms with Crippen molar-refractivity contribution in [3.8, 4) is 0 Å². The van der Waals surface area contributed by atoms with E-state index in [0.717, 1.165) is 32.7 Å². The Hall–Kier alpha value is -0.880. The van der Waals surface area contributed by atoms with E-state index < -0.39 is 0 Å². The number of nitrogens with one attached hydrogen (secondary N) is 1. The molecule has 0 atom stereocenters. The monoisotopic (exact) mass is 316 g/mol. The van der Waals surface area contributed by atoms with E-state index in [1.807, 2.05) is 0 Å². The van der Waals surface area contributed by atoms with E-state index in [2.05, 4.69) is 27.1 Å². The number of piperazine rings is 1. The molecule has 2 rings (SSSR count). The van der Waals surface area contributed by atoms with Crippen LogP contribution < -0.4 is 5.32 Å². The van der Waals surface area contributed by atoms with Gasteiger partial charge in [-0.25, -0.2) is 4.98 Å². The van der Waals surface area contributed by atoms with E-state index in [9.17, 15) is 4.79 Å². The SMILES string of the molecule is CN1CCN(CCNC(=O)c2cnc(Cl)c(Cl)c2)CC1. The number of pyridine rings is 1. The minimum absolute atomic E-state index is 0.176. The van der Waals surface area contributed by atoms with Crippen LogP contribution in [0.1, 0.15) is 10.4 Å². The van der Waals surface area contributed by atoms with Crippen LogP contribution in [0.15, 0.2) is 12.3 Å². The number of rotatable bonds is 4. The summed E-state index contributed by atoms with van der Waals surface area (Å²) in [6.07, 6.45) is 1.43. The van der Waals surface area contributed by atoms with Gasteiger partial charge in [-0.05, 0) is 13.1 Å². The van der Waals surface area contributed by atoms with Crippen LogP contribution in [0.2, 0.25) is 10.2 Å². The fraction of sp³-hybridized carbons (Fsp3) is 0.538. The highest BCUT2D eigenvalue weighted by Gasteiger charge is 2.14. The second-order valence-electron chi connectivity index (χ2n) is 4.90. The molecule has 20 heavy (non-hydrogen) atoms. The number of nitrogens with zero attached hydrogens (tertiary/aromatic N) is 3. The quantitative estimate of drug-likeness (QED) is 0.852. The Morgan fingerprint density at radius 2 is 2.05 bits per heavy atom. The molecule has 1 aromatic heterocycles. The molecule has 0 radical (unpaired) electrons. The van der Waals surface area contributed by atoms with Crippen LogP contribution in [-0.4, -0.2) is 67.0 Å². The first-order chi connectivity index (χ1) is 9.56. The molecule has 0 bridgehead atoms. The molecule has 7 heteroatoms. The van der Waals surface area contributed by atoms with Crippen LogP contribution in [0.25, 0.3) is 0 Å². The molecule has 0 spiro atoms. The van der Waals surface area contributed by atoms with E-state index in [1.165, 1.54) is 12.3 Å². The molecule has 0 saturated carbocycles. The fourth-order valence-corrected chi connectivity index (χ4v) is 2.32. The summed E-state index contributed by atoms with van der Waals surface area (Å²) in [6.45, 7) is 5.70. The van der Waals surface area contributed by atoms with Crippen molar-refractivity contribution in [3.63, 3.8) is 0 Å². The lowest BCUT2D eigenvalue weighted by Gasteiger charge is -2.32. The standard InChI is InChI=1S/C13H18Cl2N4O/c1-18-4-6-19(7-5-18)3-2-16-13(20)10-8-11(14)12(15)17-9-10/h8-9H,2-7H2,1H3,(H,16,20). The zero-order valence-electron chi connectivity index (χ0n) is 11.4. The summed E-state index contributed by atoms with van der Waals surface area (Å²) in [6, 6.07) is 1.53. The van der Waals surface area contributed by atoms with Crippen LogP contribution in [0, 0.1) is 0 Å². The van der Waals surface area contributed by atoms with Crippen molar-refractivity contribution in [3.05, 3.63) is 28.0 Å². The highest BCUT2D eigenvalue weighted by molar-refractivity contribution is 6.41. The second kappa shape index (κ2) is 7.22. The van der Waals surface area contributed by atoms with Crippen molar-refractivity contribution in [2.75, 3.05) is 46.3 Å². The zero-order chi connectivity index (χ0) is 14.5. The lowest BCUT2D eigenvalue weighted by Crippen LogP contribution is -2.46. The van der Waals surface area contributed by atoms with Gasteiger partial charge in [0, 0.05) is 45.5 Å². The van der Waals surface area contributed by atoms with Crippen molar-refractivity contribution in [1.82, 2.24) is 20.1 Å². The first kappa shape index (κ1) is 15.5. The summed E-state index contributed by atoms with van der Waals surface area (Å²) in [4.78, 5) is 20.4. The van der Waals surface area contributed by atoms with Gasteiger partial charge in [0.15, 0.2) is 0 Å². The highest BCUT2D eigenvalue weighted by atomic mass is 35.5. The number of hydrogen-bond donors (Lipinski definition) is 1. The zero-order valence-corrected chi connectivity index (χ0v) is 12.9. The van der Waals surface area contributed by atoms with E-state index in [0.29, 0.717) is 17.1 Å². The molecule has 1 fully saturated rings. The van der Waals surface area contributed by atoms with E-state index in [1.54, 1.807) is 0 Å². The van der Waals surface area contributed by atoms with Crippen LogP contribution >= 0.6 is 23.2 Å². The van der Waals surface area contributed by atoms with Crippen LogP contribution in [0.3, 0.4) is 0 Å². The molecule has 5 nitrogen and oxygen atoms in total. The lowest BCUT2D eigenvalue weighted by molar-refractivity contribution is 0.0940. The van der Waals surface area contributed by atoms with Crippen molar-refractivity contribution in [2.24, 2.45) is 0 Å². The highest BCUT2D eigenvalue weighted by Crippen LogP contribution is 2.19. The maximum absolute atomic E-state index is 11.9. The molecule has 1 amide bonds. The summed E-state index contributed by atoms with van der Waals surface area (Å²) in [5, 5.41) is 3.37. The Morgan fingerprint density at radius 1 is 1.35 bits per heavy atom. The van der Waals surface area contributed by atoms with Gasteiger partial charge in [0.25, 0.3) is 5.91 Å². The van der Waals surface area contributed by atoms with Crippen LogP contribution in [0.5, 0.6) is 0 Å². The summed E-state index contributed by atoms with van der Waals surface area (Å²) in [7, 11) is 2.12. The summed E-state index contributed by atoms with van der Waals surface area (Å²) >= 11 is 11.6. The van der Waals surface area contributed by atoms with Gasteiger partial charge in [0.05, 0.1) is 10.6 Å². The Kier molecular flexibility index (Phi) is 5.60. The number of hydrogen-bond acceptors (Lipinski definition) is 4. The molecule has 0 unspecified atom stereocenters. The van der Waals surface area contributed by atoms with Crippen molar-refractivity contribution in [1.29, 1.82) is 0 Å². The normalized spacial score (nSPS) is 17.1. The molecule has 1 aliphatic heterocycles. The summed E-state index contributed by atoms with van der Waals surface area (Å²) in [5.74, 6) is -0.176. The van der Waals surface area contributed by atoms with Gasteiger partial charge in [0.1, 0.15) is 5.15 Å². The average molecular weight is 317 g/mol. The third-order valence-corrected chi connectivity index (χ3v) is 4.05. The average Bonchev–Trinajstić information content (AvgIpc) is 2.44. The Balaban J connectivity index is 1.76. The molecule has 0 aliphatic carbocycles. The van der Waals surface area contributed by atoms with Crippen molar-refractivity contribution < 1.29 is 4.79 Å². The number of halogens is 2.